The van der Waals surface area contributed by atoms with Crippen LogP contribution in [0.1, 0.15) is 34.1 Å². The SMILES string of the molecule is CCN(CC)CCN(CCC(=O)OC)C(=O)C(C)C. The number of rotatable bonds is 9. The average Bonchev–Trinajstić information content (AvgIpc) is 2.41. The Morgan fingerprint density at radius 3 is 2.05 bits per heavy atom. The molecule has 0 aromatic carbocycles. The van der Waals surface area contributed by atoms with E-state index in [1.54, 1.807) is 4.90 Å². The van der Waals surface area contributed by atoms with E-state index in [0.29, 0.717) is 13.1 Å². The van der Waals surface area contributed by atoms with Crippen LogP contribution in [0.3, 0.4) is 0 Å². The van der Waals surface area contributed by atoms with Crippen molar-refractivity contribution in [2.45, 2.75) is 34.1 Å². The Hall–Kier alpha value is -1.10. The molecule has 0 heterocycles. The first-order valence-electron chi connectivity index (χ1n) is 7.04. The summed E-state index contributed by atoms with van der Waals surface area (Å²) in [5.74, 6) is -0.227. The summed E-state index contributed by atoms with van der Waals surface area (Å²) < 4.78 is 4.62. The van der Waals surface area contributed by atoms with Crippen molar-refractivity contribution in [2.75, 3.05) is 39.8 Å². The quantitative estimate of drug-likeness (QED) is 0.595. The van der Waals surface area contributed by atoms with Gasteiger partial charge in [-0.05, 0) is 13.1 Å². The van der Waals surface area contributed by atoms with E-state index in [-0.39, 0.29) is 24.2 Å². The minimum atomic E-state index is -0.274. The Morgan fingerprint density at radius 1 is 1.05 bits per heavy atom. The zero-order valence-electron chi connectivity index (χ0n) is 12.9. The van der Waals surface area contributed by atoms with Crippen molar-refractivity contribution in [2.24, 2.45) is 5.92 Å². The highest BCUT2D eigenvalue weighted by molar-refractivity contribution is 5.79. The zero-order chi connectivity index (χ0) is 14.8. The van der Waals surface area contributed by atoms with Crippen LogP contribution >= 0.6 is 0 Å². The Morgan fingerprint density at radius 2 is 1.63 bits per heavy atom. The molecule has 0 aliphatic rings. The van der Waals surface area contributed by atoms with Crippen molar-refractivity contribution in [3.8, 4) is 0 Å². The summed E-state index contributed by atoms with van der Waals surface area (Å²) in [6, 6.07) is 0. The predicted octanol–water partition coefficient (Wildman–Crippen LogP) is 1.38. The van der Waals surface area contributed by atoms with Gasteiger partial charge in [-0.2, -0.15) is 0 Å². The van der Waals surface area contributed by atoms with Gasteiger partial charge in [-0.1, -0.05) is 27.7 Å². The summed E-state index contributed by atoms with van der Waals surface area (Å²) in [5, 5.41) is 0. The molecule has 0 rings (SSSR count). The number of likely N-dealkylation sites (N-methyl/N-ethyl adjacent to an activating group) is 1. The van der Waals surface area contributed by atoms with Crippen LogP contribution in [0.2, 0.25) is 0 Å². The average molecular weight is 272 g/mol. The van der Waals surface area contributed by atoms with E-state index >= 15 is 0 Å². The normalized spacial score (nSPS) is 10.9. The molecule has 112 valence electrons. The lowest BCUT2D eigenvalue weighted by atomic mass is 10.2. The molecular formula is C14H28N2O3. The van der Waals surface area contributed by atoms with Crippen LogP contribution in [0.4, 0.5) is 0 Å². The third kappa shape index (κ3) is 7.15. The third-order valence-electron chi connectivity index (χ3n) is 3.20. The molecule has 0 spiro atoms. The van der Waals surface area contributed by atoms with E-state index in [1.165, 1.54) is 7.11 Å². The molecule has 0 aliphatic carbocycles. The van der Waals surface area contributed by atoms with Crippen molar-refractivity contribution < 1.29 is 14.3 Å². The molecule has 0 unspecified atom stereocenters. The highest BCUT2D eigenvalue weighted by Crippen LogP contribution is 2.04. The van der Waals surface area contributed by atoms with Crippen LogP contribution in [0.25, 0.3) is 0 Å². The van der Waals surface area contributed by atoms with Crippen molar-refractivity contribution in [3.63, 3.8) is 0 Å². The molecule has 1 amide bonds. The minimum Gasteiger partial charge on any atom is -0.469 e. The lowest BCUT2D eigenvalue weighted by molar-refractivity contribution is -0.142. The summed E-state index contributed by atoms with van der Waals surface area (Å²) >= 11 is 0. The van der Waals surface area contributed by atoms with Crippen LogP contribution in [0.5, 0.6) is 0 Å². The van der Waals surface area contributed by atoms with E-state index in [2.05, 4.69) is 23.5 Å². The fourth-order valence-electron chi connectivity index (χ4n) is 1.83. The van der Waals surface area contributed by atoms with Gasteiger partial charge in [0.1, 0.15) is 0 Å². The maximum absolute atomic E-state index is 12.1. The van der Waals surface area contributed by atoms with Gasteiger partial charge in [0.15, 0.2) is 0 Å². The summed E-state index contributed by atoms with van der Waals surface area (Å²) in [4.78, 5) is 27.3. The van der Waals surface area contributed by atoms with Crippen molar-refractivity contribution in [1.82, 2.24) is 9.80 Å². The smallest absolute Gasteiger partial charge is 0.307 e. The molecule has 19 heavy (non-hydrogen) atoms. The lowest BCUT2D eigenvalue weighted by Crippen LogP contribution is -2.41. The Bertz CT molecular complexity index is 276. The molecule has 0 saturated heterocycles. The van der Waals surface area contributed by atoms with Crippen molar-refractivity contribution in [1.29, 1.82) is 0 Å². The molecule has 0 aliphatic heterocycles. The van der Waals surface area contributed by atoms with Crippen molar-refractivity contribution in [3.05, 3.63) is 0 Å². The second-order valence-corrected chi connectivity index (χ2v) is 4.83. The molecule has 0 aromatic rings. The summed E-state index contributed by atoms with van der Waals surface area (Å²) in [7, 11) is 1.37. The Labute approximate surface area is 116 Å². The molecule has 5 heteroatoms. The summed E-state index contributed by atoms with van der Waals surface area (Å²) in [6.07, 6.45) is 0.257. The highest BCUT2D eigenvalue weighted by Gasteiger charge is 2.18. The molecule has 0 atom stereocenters. The number of carbonyl (C=O) groups is 2. The summed E-state index contributed by atoms with van der Waals surface area (Å²) in [6.45, 7) is 11.8. The van der Waals surface area contributed by atoms with Crippen LogP contribution in [0.15, 0.2) is 0 Å². The van der Waals surface area contributed by atoms with Crippen LogP contribution in [0, 0.1) is 5.92 Å². The molecular weight excluding hydrogens is 244 g/mol. The van der Waals surface area contributed by atoms with Gasteiger partial charge in [0, 0.05) is 25.6 Å². The van der Waals surface area contributed by atoms with Gasteiger partial charge in [0.05, 0.1) is 13.5 Å². The highest BCUT2D eigenvalue weighted by atomic mass is 16.5. The zero-order valence-corrected chi connectivity index (χ0v) is 12.9. The van der Waals surface area contributed by atoms with Gasteiger partial charge >= 0.3 is 5.97 Å². The van der Waals surface area contributed by atoms with Crippen LogP contribution in [-0.4, -0.2) is 61.5 Å². The lowest BCUT2D eigenvalue weighted by Gasteiger charge is -2.27. The van der Waals surface area contributed by atoms with Crippen LogP contribution in [-0.2, 0) is 14.3 Å². The second-order valence-electron chi connectivity index (χ2n) is 4.83. The van der Waals surface area contributed by atoms with Gasteiger partial charge in [0.25, 0.3) is 0 Å². The molecule has 0 saturated carbocycles. The fourth-order valence-corrected chi connectivity index (χ4v) is 1.83. The van der Waals surface area contributed by atoms with Crippen LogP contribution < -0.4 is 0 Å². The number of carbonyl (C=O) groups excluding carboxylic acids is 2. The molecule has 5 nitrogen and oxygen atoms in total. The maximum Gasteiger partial charge on any atom is 0.307 e. The second kappa shape index (κ2) is 9.78. The monoisotopic (exact) mass is 272 g/mol. The number of ether oxygens (including phenoxy) is 1. The number of hydrogen-bond acceptors (Lipinski definition) is 4. The third-order valence-corrected chi connectivity index (χ3v) is 3.20. The standard InChI is InChI=1S/C14H28N2O3/c1-6-15(7-2)10-11-16(14(18)12(3)4)9-8-13(17)19-5/h12H,6-11H2,1-5H3. The van der Waals surface area contributed by atoms with Gasteiger partial charge in [-0.3, -0.25) is 9.59 Å². The largest absolute Gasteiger partial charge is 0.469 e. The van der Waals surface area contributed by atoms with E-state index in [9.17, 15) is 9.59 Å². The Kier molecular flexibility index (Phi) is 9.21. The first-order valence-corrected chi connectivity index (χ1v) is 7.04. The van der Waals surface area contributed by atoms with E-state index < -0.39 is 0 Å². The minimum absolute atomic E-state index is 0.0469. The molecule has 0 fully saturated rings. The number of methoxy groups -OCH3 is 1. The fraction of sp³-hybridized carbons (Fsp3) is 0.857. The number of nitrogens with zero attached hydrogens (tertiary/aromatic N) is 2. The summed E-state index contributed by atoms with van der Waals surface area (Å²) in [5.41, 5.74) is 0. The van der Waals surface area contributed by atoms with Gasteiger partial charge in [0.2, 0.25) is 5.91 Å². The number of esters is 1. The molecule has 0 bridgehead atoms. The van der Waals surface area contributed by atoms with Gasteiger partial charge < -0.3 is 14.5 Å². The molecule has 0 radical (unpaired) electrons. The first kappa shape index (κ1) is 17.9. The number of amides is 1. The van der Waals surface area contributed by atoms with Gasteiger partial charge in [-0.25, -0.2) is 0 Å². The molecule has 0 N–H and O–H groups in total. The van der Waals surface area contributed by atoms with E-state index in [1.807, 2.05) is 13.8 Å². The maximum atomic E-state index is 12.1. The number of hydrogen-bond donors (Lipinski definition) is 0. The van der Waals surface area contributed by atoms with Gasteiger partial charge in [-0.15, -0.1) is 0 Å². The van der Waals surface area contributed by atoms with E-state index in [4.69, 9.17) is 0 Å². The first-order chi connectivity index (χ1) is 8.96. The predicted molar refractivity (Wildman–Crippen MR) is 75.8 cm³/mol. The van der Waals surface area contributed by atoms with E-state index in [0.717, 1.165) is 19.6 Å². The molecule has 0 aromatic heterocycles. The van der Waals surface area contributed by atoms with Crippen molar-refractivity contribution >= 4 is 11.9 Å². The Balaban J connectivity index is 4.41. The topological polar surface area (TPSA) is 49.9 Å².